The maximum Gasteiger partial charge on any atom is 0.0843 e. The van der Waals surface area contributed by atoms with Crippen molar-refractivity contribution in [3.63, 3.8) is 0 Å². The van der Waals surface area contributed by atoms with Gasteiger partial charge in [-0.1, -0.05) is 44.5 Å². The van der Waals surface area contributed by atoms with Gasteiger partial charge < -0.3 is 5.11 Å². The molecule has 1 rings (SSSR count). The second kappa shape index (κ2) is 5.49. The van der Waals surface area contributed by atoms with Gasteiger partial charge in [-0.3, -0.25) is 0 Å². The van der Waals surface area contributed by atoms with Gasteiger partial charge in [0.1, 0.15) is 0 Å². The topological polar surface area (TPSA) is 20.2 Å². The van der Waals surface area contributed by atoms with Gasteiger partial charge in [0.2, 0.25) is 0 Å². The number of benzene rings is 1. The van der Waals surface area contributed by atoms with E-state index in [4.69, 9.17) is 0 Å². The Kier molecular flexibility index (Phi) is 4.55. The first kappa shape index (κ1) is 13.2. The average molecular weight is 220 g/mol. The molecule has 0 aromatic heterocycles. The van der Waals surface area contributed by atoms with Crippen LogP contribution in [-0.2, 0) is 12.0 Å². The van der Waals surface area contributed by atoms with E-state index in [0.717, 1.165) is 17.9 Å². The molecule has 0 amide bonds. The van der Waals surface area contributed by atoms with Gasteiger partial charge in [0, 0.05) is 0 Å². The van der Waals surface area contributed by atoms with Crippen molar-refractivity contribution in [2.75, 3.05) is 0 Å². The average Bonchev–Trinajstić information content (AvgIpc) is 2.25. The van der Waals surface area contributed by atoms with Crippen LogP contribution in [0, 0.1) is 5.92 Å². The molecular formula is C15H24O. The summed E-state index contributed by atoms with van der Waals surface area (Å²) in [5.41, 5.74) is 1.63. The van der Waals surface area contributed by atoms with Crippen LogP contribution in [0.1, 0.15) is 51.7 Å². The summed E-state index contributed by atoms with van der Waals surface area (Å²) in [6.45, 7) is 8.23. The molecule has 0 radical (unpaired) electrons. The monoisotopic (exact) mass is 220 g/mol. The van der Waals surface area contributed by atoms with Crippen LogP contribution in [-0.4, -0.2) is 5.11 Å². The van der Waals surface area contributed by atoms with Crippen LogP contribution in [0.4, 0.5) is 0 Å². The molecule has 1 N–H and O–H groups in total. The van der Waals surface area contributed by atoms with E-state index < -0.39 is 5.60 Å². The summed E-state index contributed by atoms with van der Waals surface area (Å²) in [4.78, 5) is 0. The maximum absolute atomic E-state index is 10.1. The van der Waals surface area contributed by atoms with E-state index in [1.165, 1.54) is 18.4 Å². The fourth-order valence-electron chi connectivity index (χ4n) is 1.94. The highest BCUT2D eigenvalue weighted by atomic mass is 16.3. The van der Waals surface area contributed by atoms with Crippen LogP contribution < -0.4 is 0 Å². The van der Waals surface area contributed by atoms with Crippen molar-refractivity contribution in [1.29, 1.82) is 0 Å². The summed E-state index contributed by atoms with van der Waals surface area (Å²) in [5, 5.41) is 10.1. The van der Waals surface area contributed by atoms with Crippen LogP contribution in [0.2, 0.25) is 0 Å². The Morgan fingerprint density at radius 3 is 2.44 bits per heavy atom. The quantitative estimate of drug-likeness (QED) is 0.798. The van der Waals surface area contributed by atoms with E-state index in [0.29, 0.717) is 0 Å². The van der Waals surface area contributed by atoms with Crippen molar-refractivity contribution in [1.82, 2.24) is 0 Å². The second-order valence-corrected chi connectivity index (χ2v) is 5.27. The first-order valence-electron chi connectivity index (χ1n) is 6.26. The second-order valence-electron chi connectivity index (χ2n) is 5.27. The number of rotatable bonds is 5. The standard InChI is InChI=1S/C15H24O/c1-5-12(2)10-11-13-8-6-7-9-14(13)15(3,4)16/h6-9,12,16H,5,10-11H2,1-4H3. The summed E-state index contributed by atoms with van der Waals surface area (Å²) >= 11 is 0. The number of hydrogen-bond donors (Lipinski definition) is 1. The third-order valence-corrected chi connectivity index (χ3v) is 3.28. The molecule has 0 heterocycles. The van der Waals surface area contributed by atoms with Gasteiger partial charge >= 0.3 is 0 Å². The summed E-state index contributed by atoms with van der Waals surface area (Å²) < 4.78 is 0. The fraction of sp³-hybridized carbons (Fsp3) is 0.600. The highest BCUT2D eigenvalue weighted by molar-refractivity contribution is 5.31. The Labute approximate surface area is 99.5 Å². The maximum atomic E-state index is 10.1. The summed E-state index contributed by atoms with van der Waals surface area (Å²) in [5.74, 6) is 0.759. The molecule has 90 valence electrons. The van der Waals surface area contributed by atoms with E-state index in [2.05, 4.69) is 26.0 Å². The number of aryl methyl sites for hydroxylation is 1. The molecule has 1 unspecified atom stereocenters. The van der Waals surface area contributed by atoms with Gasteiger partial charge in [-0.25, -0.2) is 0 Å². The molecule has 0 aliphatic heterocycles. The lowest BCUT2D eigenvalue weighted by molar-refractivity contribution is 0.0775. The Morgan fingerprint density at radius 1 is 1.25 bits per heavy atom. The molecule has 0 spiro atoms. The molecule has 1 aromatic rings. The van der Waals surface area contributed by atoms with Crippen molar-refractivity contribution in [3.05, 3.63) is 35.4 Å². The molecule has 0 aliphatic rings. The lowest BCUT2D eigenvalue weighted by Crippen LogP contribution is -2.18. The number of aliphatic hydroxyl groups is 1. The molecule has 1 aromatic carbocycles. The molecule has 0 saturated carbocycles. The molecule has 16 heavy (non-hydrogen) atoms. The van der Waals surface area contributed by atoms with E-state index in [1.807, 2.05) is 26.0 Å². The Hall–Kier alpha value is -0.820. The summed E-state index contributed by atoms with van der Waals surface area (Å²) in [7, 11) is 0. The minimum atomic E-state index is -0.730. The summed E-state index contributed by atoms with van der Waals surface area (Å²) in [6.07, 6.45) is 3.49. The third-order valence-electron chi connectivity index (χ3n) is 3.28. The first-order chi connectivity index (χ1) is 7.45. The smallest absolute Gasteiger partial charge is 0.0843 e. The van der Waals surface area contributed by atoms with Crippen LogP contribution >= 0.6 is 0 Å². The van der Waals surface area contributed by atoms with Gasteiger partial charge in [0.25, 0.3) is 0 Å². The predicted octanol–water partition coefficient (Wildman–Crippen LogP) is 3.89. The SMILES string of the molecule is CCC(C)CCc1ccccc1C(C)(C)O. The van der Waals surface area contributed by atoms with Crippen LogP contribution in [0.5, 0.6) is 0 Å². The Balaban J connectivity index is 2.80. The van der Waals surface area contributed by atoms with Crippen LogP contribution in [0.3, 0.4) is 0 Å². The van der Waals surface area contributed by atoms with Crippen molar-refractivity contribution in [3.8, 4) is 0 Å². The normalized spacial score (nSPS) is 13.8. The molecule has 0 saturated heterocycles. The largest absolute Gasteiger partial charge is 0.386 e. The van der Waals surface area contributed by atoms with E-state index in [-0.39, 0.29) is 0 Å². The highest BCUT2D eigenvalue weighted by Crippen LogP contribution is 2.25. The van der Waals surface area contributed by atoms with Crippen molar-refractivity contribution in [2.24, 2.45) is 5.92 Å². The molecule has 0 aliphatic carbocycles. The van der Waals surface area contributed by atoms with E-state index >= 15 is 0 Å². The molecule has 0 fully saturated rings. The lowest BCUT2D eigenvalue weighted by Gasteiger charge is -2.22. The fourth-order valence-corrected chi connectivity index (χ4v) is 1.94. The van der Waals surface area contributed by atoms with Gasteiger partial charge in [-0.15, -0.1) is 0 Å². The van der Waals surface area contributed by atoms with Crippen molar-refractivity contribution >= 4 is 0 Å². The van der Waals surface area contributed by atoms with Gasteiger partial charge in [-0.05, 0) is 43.7 Å². The van der Waals surface area contributed by atoms with Gasteiger partial charge in [0.05, 0.1) is 5.60 Å². The molecule has 1 nitrogen and oxygen atoms in total. The molecule has 1 heteroatoms. The Bertz CT molecular complexity index is 322. The highest BCUT2D eigenvalue weighted by Gasteiger charge is 2.19. The van der Waals surface area contributed by atoms with E-state index in [1.54, 1.807) is 0 Å². The number of hydrogen-bond acceptors (Lipinski definition) is 1. The van der Waals surface area contributed by atoms with Crippen LogP contribution in [0.15, 0.2) is 24.3 Å². The minimum absolute atomic E-state index is 0.730. The predicted molar refractivity (Wildman–Crippen MR) is 69.5 cm³/mol. The first-order valence-corrected chi connectivity index (χ1v) is 6.26. The zero-order valence-corrected chi connectivity index (χ0v) is 11.0. The Morgan fingerprint density at radius 2 is 1.88 bits per heavy atom. The van der Waals surface area contributed by atoms with Crippen molar-refractivity contribution in [2.45, 2.75) is 52.6 Å². The third kappa shape index (κ3) is 3.64. The molecule has 1 atom stereocenters. The van der Waals surface area contributed by atoms with E-state index in [9.17, 15) is 5.11 Å². The lowest BCUT2D eigenvalue weighted by atomic mass is 9.89. The minimum Gasteiger partial charge on any atom is -0.386 e. The molecular weight excluding hydrogens is 196 g/mol. The van der Waals surface area contributed by atoms with Crippen LogP contribution in [0.25, 0.3) is 0 Å². The summed E-state index contributed by atoms with van der Waals surface area (Å²) in [6, 6.07) is 8.23. The molecule has 0 bridgehead atoms. The zero-order chi connectivity index (χ0) is 12.2. The zero-order valence-electron chi connectivity index (χ0n) is 11.0. The van der Waals surface area contributed by atoms with Gasteiger partial charge in [0.15, 0.2) is 0 Å². The van der Waals surface area contributed by atoms with Gasteiger partial charge in [-0.2, -0.15) is 0 Å². The van der Waals surface area contributed by atoms with Crippen molar-refractivity contribution < 1.29 is 5.11 Å².